The molecule has 1 N–H and O–H groups in total. The molecule has 0 spiro atoms. The molecule has 0 amide bonds. The summed E-state index contributed by atoms with van der Waals surface area (Å²) in [5.41, 5.74) is 3.16. The van der Waals surface area contributed by atoms with Crippen molar-refractivity contribution in [2.45, 2.75) is 18.9 Å². The van der Waals surface area contributed by atoms with E-state index in [1.807, 2.05) is 36.4 Å². The van der Waals surface area contributed by atoms with E-state index in [1.165, 1.54) is 6.07 Å². The molecule has 4 heteroatoms. The molecule has 1 unspecified atom stereocenters. The number of hydrogen-bond donors (Lipinski definition) is 1. The van der Waals surface area contributed by atoms with Gasteiger partial charge in [0.25, 0.3) is 0 Å². The van der Waals surface area contributed by atoms with Crippen LogP contribution in [-0.4, -0.2) is 6.61 Å². The highest BCUT2D eigenvalue weighted by Gasteiger charge is 2.22. The Bertz CT molecular complexity index is 693. The van der Waals surface area contributed by atoms with Gasteiger partial charge in [-0.2, -0.15) is 5.26 Å². The molecule has 2 aromatic carbocycles. The number of aryl methyl sites for hydroxylation is 1. The van der Waals surface area contributed by atoms with Crippen molar-refractivity contribution in [2.75, 3.05) is 11.9 Å². The highest BCUT2D eigenvalue weighted by atomic mass is 19.1. The average Bonchev–Trinajstić information content (AvgIpc) is 2.87. The molecule has 0 bridgehead atoms. The van der Waals surface area contributed by atoms with Crippen LogP contribution in [-0.2, 0) is 6.42 Å². The Morgan fingerprint density at radius 1 is 1.29 bits per heavy atom. The molecule has 0 fully saturated rings. The summed E-state index contributed by atoms with van der Waals surface area (Å²) in [6.07, 6.45) is 1.83. The van der Waals surface area contributed by atoms with Crippen molar-refractivity contribution in [1.29, 1.82) is 5.26 Å². The molecule has 1 atom stereocenters. The number of hydrogen-bond acceptors (Lipinski definition) is 3. The zero-order chi connectivity index (χ0) is 14.7. The molecule has 106 valence electrons. The van der Waals surface area contributed by atoms with E-state index in [0.29, 0.717) is 5.75 Å². The first-order valence-electron chi connectivity index (χ1n) is 6.91. The standard InChI is InChI=1S/C17H15FN2O/c18-13-5-6-16-12(10-13)4-7-17(16)20-14-2-1-3-15(11-14)21-9-8-19/h1-3,5-6,10-11,17,20H,4,7,9H2. The lowest BCUT2D eigenvalue weighted by atomic mass is 10.1. The van der Waals surface area contributed by atoms with Gasteiger partial charge in [-0.15, -0.1) is 0 Å². The molecule has 3 nitrogen and oxygen atoms in total. The van der Waals surface area contributed by atoms with Gasteiger partial charge in [-0.05, 0) is 48.2 Å². The topological polar surface area (TPSA) is 45.0 Å². The number of ether oxygens (including phenoxy) is 1. The number of benzene rings is 2. The molecule has 21 heavy (non-hydrogen) atoms. The van der Waals surface area contributed by atoms with Crippen LogP contribution in [0.25, 0.3) is 0 Å². The van der Waals surface area contributed by atoms with Gasteiger partial charge in [-0.3, -0.25) is 0 Å². The van der Waals surface area contributed by atoms with Crippen molar-refractivity contribution in [2.24, 2.45) is 0 Å². The summed E-state index contributed by atoms with van der Waals surface area (Å²) in [4.78, 5) is 0. The van der Waals surface area contributed by atoms with Crippen LogP contribution in [0, 0.1) is 17.1 Å². The third-order valence-corrected chi connectivity index (χ3v) is 3.66. The quantitative estimate of drug-likeness (QED) is 0.927. The largest absolute Gasteiger partial charge is 0.479 e. The number of fused-ring (bicyclic) bond motifs is 1. The molecular formula is C17H15FN2O. The molecular weight excluding hydrogens is 267 g/mol. The lowest BCUT2D eigenvalue weighted by molar-refractivity contribution is 0.368. The van der Waals surface area contributed by atoms with E-state index in [4.69, 9.17) is 10.00 Å². The zero-order valence-electron chi connectivity index (χ0n) is 11.5. The molecule has 0 radical (unpaired) electrons. The van der Waals surface area contributed by atoms with Gasteiger partial charge in [0.2, 0.25) is 0 Å². The normalized spacial score (nSPS) is 16.1. The van der Waals surface area contributed by atoms with Crippen molar-refractivity contribution in [3.8, 4) is 11.8 Å². The molecule has 2 aromatic rings. The first-order chi connectivity index (χ1) is 10.3. The SMILES string of the molecule is N#CCOc1cccc(NC2CCc3cc(F)ccc32)c1. The maximum Gasteiger partial charge on any atom is 0.174 e. The molecule has 3 rings (SSSR count). The smallest absolute Gasteiger partial charge is 0.174 e. The lowest BCUT2D eigenvalue weighted by Crippen LogP contribution is -2.07. The Morgan fingerprint density at radius 3 is 3.05 bits per heavy atom. The van der Waals surface area contributed by atoms with Crippen LogP contribution in [0.4, 0.5) is 10.1 Å². The van der Waals surface area contributed by atoms with Crippen molar-refractivity contribution < 1.29 is 9.13 Å². The van der Waals surface area contributed by atoms with Gasteiger partial charge in [0, 0.05) is 11.8 Å². The van der Waals surface area contributed by atoms with Crippen molar-refractivity contribution in [3.05, 3.63) is 59.4 Å². The summed E-state index contributed by atoms with van der Waals surface area (Å²) >= 11 is 0. The summed E-state index contributed by atoms with van der Waals surface area (Å²) in [7, 11) is 0. The highest BCUT2D eigenvalue weighted by Crippen LogP contribution is 2.34. The summed E-state index contributed by atoms with van der Waals surface area (Å²) in [6.45, 7) is 0.0367. The van der Waals surface area contributed by atoms with Gasteiger partial charge in [0.1, 0.15) is 17.6 Å². The molecule has 0 aromatic heterocycles. The van der Waals surface area contributed by atoms with Gasteiger partial charge < -0.3 is 10.1 Å². The minimum absolute atomic E-state index is 0.0367. The van der Waals surface area contributed by atoms with Gasteiger partial charge in [-0.1, -0.05) is 12.1 Å². The van der Waals surface area contributed by atoms with E-state index < -0.39 is 0 Å². The van der Waals surface area contributed by atoms with E-state index >= 15 is 0 Å². The van der Waals surface area contributed by atoms with Crippen LogP contribution in [0.15, 0.2) is 42.5 Å². The van der Waals surface area contributed by atoms with Crippen molar-refractivity contribution >= 4 is 5.69 Å². The molecule has 0 heterocycles. The second-order valence-electron chi connectivity index (χ2n) is 5.05. The van der Waals surface area contributed by atoms with E-state index in [2.05, 4.69) is 5.32 Å². The number of nitrogens with one attached hydrogen (secondary N) is 1. The van der Waals surface area contributed by atoms with Gasteiger partial charge in [0.15, 0.2) is 6.61 Å². The number of nitrogens with zero attached hydrogens (tertiary/aromatic N) is 1. The summed E-state index contributed by atoms with van der Waals surface area (Å²) in [5.74, 6) is 0.486. The Hall–Kier alpha value is -2.54. The Kier molecular flexibility index (Phi) is 3.74. The molecule has 1 aliphatic carbocycles. The highest BCUT2D eigenvalue weighted by molar-refractivity contribution is 5.51. The minimum atomic E-state index is -0.179. The van der Waals surface area contributed by atoms with Crippen LogP contribution in [0.5, 0.6) is 5.75 Å². The number of halogens is 1. The zero-order valence-corrected chi connectivity index (χ0v) is 11.5. The third kappa shape index (κ3) is 2.97. The average molecular weight is 282 g/mol. The van der Waals surface area contributed by atoms with Crippen LogP contribution in [0.1, 0.15) is 23.6 Å². The number of rotatable bonds is 4. The lowest BCUT2D eigenvalue weighted by Gasteiger charge is -2.16. The molecule has 0 aliphatic heterocycles. The second-order valence-corrected chi connectivity index (χ2v) is 5.05. The summed E-state index contributed by atoms with van der Waals surface area (Å²) in [5, 5.41) is 12.0. The first kappa shape index (κ1) is 13.4. The predicted molar refractivity (Wildman–Crippen MR) is 78.6 cm³/mol. The van der Waals surface area contributed by atoms with E-state index in [9.17, 15) is 4.39 Å². The van der Waals surface area contributed by atoms with Gasteiger partial charge in [-0.25, -0.2) is 4.39 Å². The van der Waals surface area contributed by atoms with Crippen LogP contribution in [0.2, 0.25) is 0 Å². The van der Waals surface area contributed by atoms with Crippen molar-refractivity contribution in [1.82, 2.24) is 0 Å². The fourth-order valence-electron chi connectivity index (χ4n) is 2.73. The predicted octanol–water partition coefficient (Wildman–Crippen LogP) is 3.83. The van der Waals surface area contributed by atoms with E-state index in [-0.39, 0.29) is 18.5 Å². The molecule has 0 saturated heterocycles. The fraction of sp³-hybridized carbons (Fsp3) is 0.235. The molecule has 0 saturated carbocycles. The van der Waals surface area contributed by atoms with Gasteiger partial charge in [0.05, 0.1) is 6.04 Å². The van der Waals surface area contributed by atoms with E-state index in [0.717, 1.165) is 29.7 Å². The van der Waals surface area contributed by atoms with Gasteiger partial charge >= 0.3 is 0 Å². The second kappa shape index (κ2) is 5.84. The Labute approximate surface area is 123 Å². The monoisotopic (exact) mass is 282 g/mol. The Balaban J connectivity index is 1.75. The first-order valence-corrected chi connectivity index (χ1v) is 6.91. The van der Waals surface area contributed by atoms with E-state index in [1.54, 1.807) is 6.07 Å². The maximum absolute atomic E-state index is 13.2. The van der Waals surface area contributed by atoms with Crippen LogP contribution >= 0.6 is 0 Å². The summed E-state index contributed by atoms with van der Waals surface area (Å²) < 4.78 is 18.5. The van der Waals surface area contributed by atoms with Crippen LogP contribution in [0.3, 0.4) is 0 Å². The minimum Gasteiger partial charge on any atom is -0.479 e. The van der Waals surface area contributed by atoms with Crippen LogP contribution < -0.4 is 10.1 Å². The number of anilines is 1. The number of nitriles is 1. The van der Waals surface area contributed by atoms with Crippen molar-refractivity contribution in [3.63, 3.8) is 0 Å². The molecule has 1 aliphatic rings. The fourth-order valence-corrected chi connectivity index (χ4v) is 2.73. The maximum atomic E-state index is 13.2. The Morgan fingerprint density at radius 2 is 2.19 bits per heavy atom. The third-order valence-electron chi connectivity index (χ3n) is 3.66. The summed E-state index contributed by atoms with van der Waals surface area (Å²) in [6, 6.07) is 14.6.